The van der Waals surface area contributed by atoms with Crippen molar-refractivity contribution in [1.29, 1.82) is 0 Å². The Morgan fingerprint density at radius 3 is 2.33 bits per heavy atom. The molecule has 2 nitrogen and oxygen atoms in total. The third-order valence-electron chi connectivity index (χ3n) is 3.28. The molecule has 2 N–H and O–H groups in total. The zero-order valence-corrected chi connectivity index (χ0v) is 8.86. The monoisotopic (exact) mass is 203 g/mol. The van der Waals surface area contributed by atoms with Gasteiger partial charge in [0, 0.05) is 18.9 Å². The van der Waals surface area contributed by atoms with Gasteiger partial charge in [-0.2, -0.15) is 0 Å². The van der Waals surface area contributed by atoms with E-state index >= 15 is 0 Å². The lowest BCUT2D eigenvalue weighted by molar-refractivity contribution is -0.121. The van der Waals surface area contributed by atoms with E-state index in [0.717, 1.165) is 12.8 Å². The van der Waals surface area contributed by atoms with Crippen molar-refractivity contribution in [2.24, 2.45) is 11.7 Å². The number of rotatable bonds is 2. The summed E-state index contributed by atoms with van der Waals surface area (Å²) in [6, 6.07) is 10.3. The Bertz CT molecular complexity index is 324. The minimum atomic E-state index is 0.0966. The van der Waals surface area contributed by atoms with Crippen molar-refractivity contribution >= 4 is 5.78 Å². The van der Waals surface area contributed by atoms with E-state index in [1.165, 1.54) is 5.56 Å². The predicted octanol–water partition coefficient (Wildman–Crippen LogP) is 2.45. The summed E-state index contributed by atoms with van der Waals surface area (Å²) in [4.78, 5) is 11.1. The highest BCUT2D eigenvalue weighted by Crippen LogP contribution is 2.31. The van der Waals surface area contributed by atoms with Crippen LogP contribution < -0.4 is 5.73 Å². The number of carbonyl (C=O) groups excluding carboxylic acids is 1. The van der Waals surface area contributed by atoms with Crippen LogP contribution in [0.1, 0.15) is 37.3 Å². The smallest absolute Gasteiger partial charge is 0.132 e. The molecular formula is C13H17NO. The van der Waals surface area contributed by atoms with Crippen molar-refractivity contribution in [3.8, 4) is 0 Å². The maximum absolute atomic E-state index is 11.1. The first kappa shape index (κ1) is 10.4. The second kappa shape index (κ2) is 4.58. The molecule has 1 aromatic rings. The molecule has 80 valence electrons. The highest BCUT2D eigenvalue weighted by atomic mass is 16.1. The Hall–Kier alpha value is -1.15. The van der Waals surface area contributed by atoms with Gasteiger partial charge in [0.15, 0.2) is 0 Å². The molecule has 1 atom stereocenters. The van der Waals surface area contributed by atoms with Gasteiger partial charge in [0.2, 0.25) is 0 Å². The van der Waals surface area contributed by atoms with Gasteiger partial charge in [-0.3, -0.25) is 4.79 Å². The molecule has 0 saturated heterocycles. The molecule has 0 heterocycles. The second-order valence-electron chi connectivity index (χ2n) is 4.31. The maximum Gasteiger partial charge on any atom is 0.132 e. The SMILES string of the molecule is NC(c1ccccc1)C1CCC(=O)CC1. The fourth-order valence-corrected chi connectivity index (χ4v) is 2.27. The number of benzene rings is 1. The quantitative estimate of drug-likeness (QED) is 0.802. The van der Waals surface area contributed by atoms with E-state index in [0.29, 0.717) is 24.5 Å². The summed E-state index contributed by atoms with van der Waals surface area (Å²) in [5.41, 5.74) is 7.40. The zero-order chi connectivity index (χ0) is 10.7. The summed E-state index contributed by atoms with van der Waals surface area (Å²) in [5.74, 6) is 0.872. The van der Waals surface area contributed by atoms with E-state index < -0.39 is 0 Å². The van der Waals surface area contributed by atoms with Crippen LogP contribution in [-0.4, -0.2) is 5.78 Å². The van der Waals surface area contributed by atoms with Gasteiger partial charge in [-0.25, -0.2) is 0 Å². The van der Waals surface area contributed by atoms with Crippen LogP contribution in [-0.2, 0) is 4.79 Å². The maximum atomic E-state index is 11.1. The van der Waals surface area contributed by atoms with Crippen molar-refractivity contribution in [2.75, 3.05) is 0 Å². The molecule has 1 saturated carbocycles. The molecule has 15 heavy (non-hydrogen) atoms. The Kier molecular flexibility index (Phi) is 3.17. The Morgan fingerprint density at radius 1 is 1.13 bits per heavy atom. The van der Waals surface area contributed by atoms with Gasteiger partial charge in [0.05, 0.1) is 0 Å². The highest BCUT2D eigenvalue weighted by molar-refractivity contribution is 5.79. The molecule has 1 unspecified atom stereocenters. The number of hydrogen-bond donors (Lipinski definition) is 1. The molecule has 1 aromatic carbocycles. The normalized spacial score (nSPS) is 20.2. The molecule has 1 fully saturated rings. The van der Waals surface area contributed by atoms with E-state index in [-0.39, 0.29) is 6.04 Å². The standard InChI is InChI=1S/C13H17NO/c14-13(10-4-2-1-3-5-10)11-6-8-12(15)9-7-11/h1-5,11,13H,6-9,14H2. The van der Waals surface area contributed by atoms with Crippen molar-refractivity contribution < 1.29 is 4.79 Å². The van der Waals surface area contributed by atoms with Crippen LogP contribution in [0.15, 0.2) is 30.3 Å². The Balaban J connectivity index is 2.02. The first-order chi connectivity index (χ1) is 7.27. The van der Waals surface area contributed by atoms with Crippen molar-refractivity contribution in [2.45, 2.75) is 31.7 Å². The van der Waals surface area contributed by atoms with Gasteiger partial charge in [-0.05, 0) is 24.3 Å². The summed E-state index contributed by atoms with van der Waals surface area (Å²) < 4.78 is 0. The van der Waals surface area contributed by atoms with Gasteiger partial charge in [0.25, 0.3) is 0 Å². The second-order valence-corrected chi connectivity index (χ2v) is 4.31. The zero-order valence-electron chi connectivity index (χ0n) is 8.86. The first-order valence-corrected chi connectivity index (χ1v) is 5.59. The largest absolute Gasteiger partial charge is 0.324 e. The Labute approximate surface area is 90.5 Å². The lowest BCUT2D eigenvalue weighted by Crippen LogP contribution is -2.25. The summed E-state index contributed by atoms with van der Waals surface area (Å²) in [5, 5.41) is 0. The molecular weight excluding hydrogens is 186 g/mol. The van der Waals surface area contributed by atoms with Crippen LogP contribution in [0.5, 0.6) is 0 Å². The third-order valence-corrected chi connectivity index (χ3v) is 3.28. The van der Waals surface area contributed by atoms with Gasteiger partial charge in [0.1, 0.15) is 5.78 Å². The molecule has 1 aliphatic rings. The van der Waals surface area contributed by atoms with Gasteiger partial charge in [-0.15, -0.1) is 0 Å². The summed E-state index contributed by atoms with van der Waals surface area (Å²) >= 11 is 0. The summed E-state index contributed by atoms with van der Waals surface area (Å²) in [7, 11) is 0. The number of nitrogens with two attached hydrogens (primary N) is 1. The number of carbonyl (C=O) groups is 1. The summed E-state index contributed by atoms with van der Waals surface area (Å²) in [6.07, 6.45) is 3.33. The van der Waals surface area contributed by atoms with Gasteiger partial charge >= 0.3 is 0 Å². The summed E-state index contributed by atoms with van der Waals surface area (Å²) in [6.45, 7) is 0. The predicted molar refractivity (Wildman–Crippen MR) is 60.3 cm³/mol. The molecule has 0 aliphatic heterocycles. The van der Waals surface area contributed by atoms with Gasteiger partial charge in [-0.1, -0.05) is 30.3 Å². The number of hydrogen-bond acceptors (Lipinski definition) is 2. The average molecular weight is 203 g/mol. The molecule has 0 spiro atoms. The van der Waals surface area contributed by atoms with E-state index in [4.69, 9.17) is 5.73 Å². The lowest BCUT2D eigenvalue weighted by Gasteiger charge is -2.27. The van der Waals surface area contributed by atoms with Gasteiger partial charge < -0.3 is 5.73 Å². The van der Waals surface area contributed by atoms with Crippen molar-refractivity contribution in [3.05, 3.63) is 35.9 Å². The van der Waals surface area contributed by atoms with E-state index in [2.05, 4.69) is 12.1 Å². The van der Waals surface area contributed by atoms with E-state index in [1.807, 2.05) is 18.2 Å². The molecule has 2 heteroatoms. The Morgan fingerprint density at radius 2 is 1.73 bits per heavy atom. The minimum Gasteiger partial charge on any atom is -0.324 e. The minimum absolute atomic E-state index is 0.0966. The van der Waals surface area contributed by atoms with Crippen LogP contribution in [0.2, 0.25) is 0 Å². The van der Waals surface area contributed by atoms with Crippen molar-refractivity contribution in [1.82, 2.24) is 0 Å². The number of Topliss-reactive ketones (excluding diaryl/α,β-unsaturated/α-hetero) is 1. The molecule has 2 rings (SSSR count). The molecule has 0 radical (unpaired) electrons. The van der Waals surface area contributed by atoms with Crippen LogP contribution in [0, 0.1) is 5.92 Å². The van der Waals surface area contributed by atoms with Crippen LogP contribution >= 0.6 is 0 Å². The molecule has 0 aromatic heterocycles. The number of ketones is 1. The third kappa shape index (κ3) is 2.45. The highest BCUT2D eigenvalue weighted by Gasteiger charge is 2.24. The topological polar surface area (TPSA) is 43.1 Å². The average Bonchev–Trinajstić information content (AvgIpc) is 2.30. The molecule has 0 bridgehead atoms. The molecule has 0 amide bonds. The fourth-order valence-electron chi connectivity index (χ4n) is 2.27. The van der Waals surface area contributed by atoms with E-state index in [1.54, 1.807) is 0 Å². The van der Waals surface area contributed by atoms with Crippen LogP contribution in [0.4, 0.5) is 0 Å². The fraction of sp³-hybridized carbons (Fsp3) is 0.462. The van der Waals surface area contributed by atoms with Crippen LogP contribution in [0.3, 0.4) is 0 Å². The van der Waals surface area contributed by atoms with E-state index in [9.17, 15) is 4.79 Å². The van der Waals surface area contributed by atoms with Crippen LogP contribution in [0.25, 0.3) is 0 Å². The lowest BCUT2D eigenvalue weighted by atomic mass is 9.81. The first-order valence-electron chi connectivity index (χ1n) is 5.59. The van der Waals surface area contributed by atoms with Crippen molar-refractivity contribution in [3.63, 3.8) is 0 Å². The molecule has 1 aliphatic carbocycles.